The molecule has 7 heteroatoms. The maximum atomic E-state index is 12.7. The maximum Gasteiger partial charge on any atom is 0.230 e. The molecule has 0 aliphatic carbocycles. The fourth-order valence-corrected chi connectivity index (χ4v) is 3.68. The lowest BCUT2D eigenvalue weighted by molar-refractivity contribution is -0.120. The molecule has 0 radical (unpaired) electrons. The molecule has 1 unspecified atom stereocenters. The summed E-state index contributed by atoms with van der Waals surface area (Å²) >= 11 is 0. The van der Waals surface area contributed by atoms with Gasteiger partial charge in [-0.3, -0.25) is 4.79 Å². The Morgan fingerprint density at radius 2 is 2.04 bits per heavy atom. The Balaban J connectivity index is 1.33. The van der Waals surface area contributed by atoms with Gasteiger partial charge in [0.2, 0.25) is 5.91 Å². The molecule has 5 rings (SSSR count). The first-order valence-corrected chi connectivity index (χ1v) is 9.43. The lowest BCUT2D eigenvalue weighted by Crippen LogP contribution is -2.31. The van der Waals surface area contributed by atoms with Gasteiger partial charge in [0, 0.05) is 24.0 Å². The monoisotopic (exact) mass is 376 g/mol. The molecule has 0 spiro atoms. The second kappa shape index (κ2) is 6.99. The van der Waals surface area contributed by atoms with Crippen LogP contribution in [0.2, 0.25) is 0 Å². The minimum atomic E-state index is -0.0820. The van der Waals surface area contributed by atoms with Gasteiger partial charge in [-0.25, -0.2) is 9.97 Å². The van der Waals surface area contributed by atoms with E-state index < -0.39 is 0 Å². The van der Waals surface area contributed by atoms with Crippen LogP contribution in [-0.2, 0) is 17.8 Å². The number of hydrogen-bond acceptors (Lipinski definition) is 5. The number of nitrogens with one attached hydrogen (secondary N) is 1. The van der Waals surface area contributed by atoms with Gasteiger partial charge in [-0.15, -0.1) is 0 Å². The second-order valence-electron chi connectivity index (χ2n) is 7.03. The molecule has 2 aliphatic heterocycles. The Hall–Kier alpha value is -3.35. The van der Waals surface area contributed by atoms with E-state index in [9.17, 15) is 4.79 Å². The number of anilines is 1. The lowest BCUT2D eigenvalue weighted by Gasteiger charge is -2.23. The molecule has 28 heavy (non-hydrogen) atoms. The highest BCUT2D eigenvalue weighted by molar-refractivity contribution is 5.92. The topological polar surface area (TPSA) is 78.3 Å². The molecule has 4 heterocycles. The van der Waals surface area contributed by atoms with E-state index in [1.54, 1.807) is 6.33 Å². The zero-order chi connectivity index (χ0) is 18.9. The quantitative estimate of drug-likeness (QED) is 0.760. The van der Waals surface area contributed by atoms with E-state index in [1.807, 2.05) is 47.2 Å². The third kappa shape index (κ3) is 3.19. The van der Waals surface area contributed by atoms with Crippen LogP contribution in [0.3, 0.4) is 0 Å². The van der Waals surface area contributed by atoms with Gasteiger partial charge in [-0.05, 0) is 43.2 Å². The van der Waals surface area contributed by atoms with Crippen LogP contribution in [-0.4, -0.2) is 33.7 Å². The molecule has 1 N–H and O–H groups in total. The van der Waals surface area contributed by atoms with Crippen LogP contribution in [0.1, 0.15) is 12.1 Å². The predicted molar refractivity (Wildman–Crippen MR) is 103 cm³/mol. The minimum absolute atomic E-state index is 0.00817. The number of carbonyl (C=O) groups is 1. The van der Waals surface area contributed by atoms with E-state index in [0.29, 0.717) is 25.6 Å². The molecular weight excluding hydrogens is 356 g/mol. The number of amides is 1. The van der Waals surface area contributed by atoms with Crippen molar-refractivity contribution in [2.75, 3.05) is 18.5 Å². The molecule has 0 saturated carbocycles. The van der Waals surface area contributed by atoms with Crippen molar-refractivity contribution in [2.45, 2.75) is 19.4 Å². The minimum Gasteiger partial charge on any atom is -0.486 e. The number of rotatable bonds is 3. The number of aryl methyl sites for hydroxylation is 1. The van der Waals surface area contributed by atoms with Crippen LogP contribution in [0.4, 0.5) is 5.82 Å². The predicted octanol–water partition coefficient (Wildman–Crippen LogP) is 2.92. The first-order valence-electron chi connectivity index (χ1n) is 9.43. The van der Waals surface area contributed by atoms with Crippen LogP contribution >= 0.6 is 0 Å². The van der Waals surface area contributed by atoms with Gasteiger partial charge in [0.05, 0.1) is 17.9 Å². The normalized spacial score (nSPS) is 17.6. The SMILES string of the molecule is O=C(Nc1cccc(-c2ccc3c(c2)OCCO3)n1)C1CCc2cncn2C1. The van der Waals surface area contributed by atoms with Gasteiger partial charge in [0.1, 0.15) is 19.0 Å². The van der Waals surface area contributed by atoms with E-state index in [1.165, 1.54) is 5.69 Å². The molecular formula is C21H20N4O3. The number of nitrogens with zero attached hydrogens (tertiary/aromatic N) is 3. The Kier molecular flexibility index (Phi) is 4.20. The zero-order valence-corrected chi connectivity index (χ0v) is 15.3. The molecule has 7 nitrogen and oxygen atoms in total. The molecule has 0 saturated heterocycles. The van der Waals surface area contributed by atoms with Gasteiger partial charge in [0.15, 0.2) is 11.5 Å². The van der Waals surface area contributed by atoms with Crippen molar-refractivity contribution < 1.29 is 14.3 Å². The summed E-state index contributed by atoms with van der Waals surface area (Å²) in [7, 11) is 0. The lowest BCUT2D eigenvalue weighted by atomic mass is 9.97. The van der Waals surface area contributed by atoms with Crippen molar-refractivity contribution in [2.24, 2.45) is 5.92 Å². The molecule has 0 bridgehead atoms. The van der Waals surface area contributed by atoms with Crippen LogP contribution in [0.15, 0.2) is 48.9 Å². The van der Waals surface area contributed by atoms with Gasteiger partial charge in [0.25, 0.3) is 0 Å². The first-order chi connectivity index (χ1) is 13.8. The molecule has 1 atom stereocenters. The Morgan fingerprint density at radius 3 is 2.96 bits per heavy atom. The molecule has 2 aromatic heterocycles. The van der Waals surface area contributed by atoms with Crippen LogP contribution < -0.4 is 14.8 Å². The molecule has 1 aromatic carbocycles. The van der Waals surface area contributed by atoms with Gasteiger partial charge in [-0.2, -0.15) is 0 Å². The number of fused-ring (bicyclic) bond motifs is 2. The summed E-state index contributed by atoms with van der Waals surface area (Å²) < 4.78 is 13.3. The molecule has 1 amide bonds. The Bertz CT molecular complexity index is 1030. The van der Waals surface area contributed by atoms with Crippen molar-refractivity contribution >= 4 is 11.7 Å². The highest BCUT2D eigenvalue weighted by atomic mass is 16.6. The van der Waals surface area contributed by atoms with Crippen LogP contribution in [0.25, 0.3) is 11.3 Å². The van der Waals surface area contributed by atoms with Gasteiger partial charge >= 0.3 is 0 Å². The number of imidazole rings is 1. The third-order valence-electron chi connectivity index (χ3n) is 5.17. The van der Waals surface area contributed by atoms with Crippen molar-refractivity contribution in [3.8, 4) is 22.8 Å². The number of pyridine rings is 1. The average Bonchev–Trinajstić information content (AvgIpc) is 3.21. The summed E-state index contributed by atoms with van der Waals surface area (Å²) in [6.45, 7) is 1.76. The molecule has 3 aromatic rings. The summed E-state index contributed by atoms with van der Waals surface area (Å²) in [5.74, 6) is 1.93. The average molecular weight is 376 g/mol. The van der Waals surface area contributed by atoms with Crippen LogP contribution in [0, 0.1) is 5.92 Å². The largest absolute Gasteiger partial charge is 0.486 e. The Morgan fingerprint density at radius 1 is 1.14 bits per heavy atom. The Labute approximate surface area is 162 Å². The zero-order valence-electron chi connectivity index (χ0n) is 15.3. The van der Waals surface area contributed by atoms with Gasteiger partial charge in [-0.1, -0.05) is 6.07 Å². The third-order valence-corrected chi connectivity index (χ3v) is 5.17. The van der Waals surface area contributed by atoms with E-state index in [0.717, 1.165) is 35.6 Å². The van der Waals surface area contributed by atoms with Crippen molar-refractivity contribution in [1.29, 1.82) is 0 Å². The van der Waals surface area contributed by atoms with E-state index in [2.05, 4.69) is 15.3 Å². The summed E-state index contributed by atoms with van der Waals surface area (Å²) in [5.41, 5.74) is 2.87. The highest BCUT2D eigenvalue weighted by Crippen LogP contribution is 2.34. The van der Waals surface area contributed by atoms with E-state index >= 15 is 0 Å². The fraction of sp³-hybridized carbons (Fsp3) is 0.286. The van der Waals surface area contributed by atoms with Crippen molar-refractivity contribution in [3.05, 3.63) is 54.6 Å². The molecule has 142 valence electrons. The maximum absolute atomic E-state index is 12.7. The summed E-state index contributed by atoms with van der Waals surface area (Å²) in [5, 5.41) is 2.97. The molecule has 2 aliphatic rings. The standard InChI is InChI=1S/C21H20N4O3/c26-21(15-4-6-16-11-22-13-25(16)12-15)24-20-3-1-2-17(23-20)14-5-7-18-19(10-14)28-9-8-27-18/h1-3,5,7,10-11,13,15H,4,6,8-9,12H2,(H,23,24,26). The first kappa shape index (κ1) is 16.8. The smallest absolute Gasteiger partial charge is 0.230 e. The number of ether oxygens (including phenoxy) is 2. The van der Waals surface area contributed by atoms with Gasteiger partial charge < -0.3 is 19.4 Å². The van der Waals surface area contributed by atoms with E-state index in [-0.39, 0.29) is 11.8 Å². The second-order valence-corrected chi connectivity index (χ2v) is 7.03. The van der Waals surface area contributed by atoms with Crippen molar-refractivity contribution in [3.63, 3.8) is 0 Å². The number of carbonyl (C=O) groups excluding carboxylic acids is 1. The van der Waals surface area contributed by atoms with Crippen LogP contribution in [0.5, 0.6) is 11.5 Å². The number of benzene rings is 1. The summed E-state index contributed by atoms with van der Waals surface area (Å²) in [6, 6.07) is 11.4. The number of aromatic nitrogens is 3. The fourth-order valence-electron chi connectivity index (χ4n) is 3.68. The highest BCUT2D eigenvalue weighted by Gasteiger charge is 2.25. The summed E-state index contributed by atoms with van der Waals surface area (Å²) in [4.78, 5) is 21.5. The van der Waals surface area contributed by atoms with Crippen molar-refractivity contribution in [1.82, 2.24) is 14.5 Å². The summed E-state index contributed by atoms with van der Waals surface area (Å²) in [6.07, 6.45) is 5.34. The number of hydrogen-bond donors (Lipinski definition) is 1. The van der Waals surface area contributed by atoms with E-state index in [4.69, 9.17) is 9.47 Å². The molecule has 0 fully saturated rings.